The van der Waals surface area contributed by atoms with Gasteiger partial charge in [0.2, 0.25) is 5.91 Å². The fourth-order valence-electron chi connectivity index (χ4n) is 3.48. The molecular formula is C21H28N6O. The number of hydrogen-bond donors (Lipinski definition) is 1. The van der Waals surface area contributed by atoms with Gasteiger partial charge in [0.05, 0.1) is 5.69 Å². The first-order chi connectivity index (χ1) is 13.6. The van der Waals surface area contributed by atoms with Gasteiger partial charge in [-0.15, -0.1) is 10.2 Å². The molecule has 2 aromatic heterocycles. The maximum absolute atomic E-state index is 12.3. The highest BCUT2D eigenvalue weighted by molar-refractivity contribution is 5.76. The molecule has 0 fully saturated rings. The van der Waals surface area contributed by atoms with E-state index in [1.54, 1.807) is 10.8 Å². The van der Waals surface area contributed by atoms with Crippen molar-refractivity contribution in [1.82, 2.24) is 25.1 Å². The first-order valence-electron chi connectivity index (χ1n) is 9.83. The summed E-state index contributed by atoms with van der Waals surface area (Å²) in [5.41, 5.74) is 5.01. The third kappa shape index (κ3) is 4.65. The summed E-state index contributed by atoms with van der Waals surface area (Å²) in [6, 6.07) is 10.4. The lowest BCUT2D eigenvalue weighted by Crippen LogP contribution is -2.30. The second-order valence-electron chi connectivity index (χ2n) is 6.91. The van der Waals surface area contributed by atoms with Crippen LogP contribution >= 0.6 is 0 Å². The average molecular weight is 380 g/mol. The van der Waals surface area contributed by atoms with E-state index in [1.165, 1.54) is 5.69 Å². The van der Waals surface area contributed by atoms with Crippen molar-refractivity contribution in [2.75, 3.05) is 24.5 Å². The van der Waals surface area contributed by atoms with E-state index in [0.717, 1.165) is 42.0 Å². The summed E-state index contributed by atoms with van der Waals surface area (Å²) in [4.78, 5) is 14.6. The van der Waals surface area contributed by atoms with Crippen LogP contribution in [0.15, 0.2) is 36.7 Å². The number of carbonyl (C=O) groups excluding carboxylic acids is 1. The summed E-state index contributed by atoms with van der Waals surface area (Å²) in [7, 11) is 0. The van der Waals surface area contributed by atoms with Gasteiger partial charge in [-0.3, -0.25) is 4.79 Å². The van der Waals surface area contributed by atoms with Gasteiger partial charge in [0.25, 0.3) is 0 Å². The molecule has 1 amide bonds. The van der Waals surface area contributed by atoms with Gasteiger partial charge in [-0.25, -0.2) is 4.52 Å². The summed E-state index contributed by atoms with van der Waals surface area (Å²) in [6.45, 7) is 8.68. The molecule has 2 heterocycles. The molecule has 0 aliphatic heterocycles. The maximum Gasteiger partial charge on any atom is 0.220 e. The standard InChI is InChI=1S/C21H28N6O/c1-4-26(18-9-6-5-7-10-18)14-8-13-22-20(28)12-11-19-16(2)21-24-23-15-27(21)25-17(19)3/h5-7,9-10,15H,4,8,11-14H2,1-3H3,(H,22,28). The van der Waals surface area contributed by atoms with Crippen LogP contribution in [-0.4, -0.2) is 45.4 Å². The Kier molecular flexibility index (Phi) is 6.57. The van der Waals surface area contributed by atoms with E-state index in [2.05, 4.69) is 56.7 Å². The Hall–Kier alpha value is -2.96. The van der Waals surface area contributed by atoms with Crippen molar-refractivity contribution >= 4 is 17.2 Å². The zero-order valence-electron chi connectivity index (χ0n) is 16.9. The largest absolute Gasteiger partial charge is 0.372 e. The lowest BCUT2D eigenvalue weighted by Gasteiger charge is -2.23. The number of nitrogens with zero attached hydrogens (tertiary/aromatic N) is 5. The predicted octanol–water partition coefficient (Wildman–Crippen LogP) is 2.71. The van der Waals surface area contributed by atoms with Gasteiger partial charge in [-0.05, 0) is 51.3 Å². The molecule has 7 nitrogen and oxygen atoms in total. The number of para-hydroxylation sites is 1. The molecular weight excluding hydrogens is 352 g/mol. The Morgan fingerprint density at radius 3 is 2.75 bits per heavy atom. The zero-order chi connectivity index (χ0) is 19.9. The van der Waals surface area contributed by atoms with Crippen molar-refractivity contribution in [2.45, 2.75) is 40.0 Å². The van der Waals surface area contributed by atoms with E-state index in [-0.39, 0.29) is 5.91 Å². The van der Waals surface area contributed by atoms with Crippen LogP contribution in [0.5, 0.6) is 0 Å². The van der Waals surface area contributed by atoms with Gasteiger partial charge in [-0.1, -0.05) is 18.2 Å². The number of fused-ring (bicyclic) bond motifs is 1. The van der Waals surface area contributed by atoms with Crippen molar-refractivity contribution in [3.63, 3.8) is 0 Å². The van der Waals surface area contributed by atoms with Gasteiger partial charge in [-0.2, -0.15) is 5.10 Å². The van der Waals surface area contributed by atoms with Crippen molar-refractivity contribution in [1.29, 1.82) is 0 Å². The minimum atomic E-state index is 0.0721. The predicted molar refractivity (Wildman–Crippen MR) is 111 cm³/mol. The van der Waals surface area contributed by atoms with Gasteiger partial charge in [0.15, 0.2) is 5.65 Å². The molecule has 0 saturated carbocycles. The number of aromatic nitrogens is 4. The molecule has 0 unspecified atom stereocenters. The maximum atomic E-state index is 12.3. The highest BCUT2D eigenvalue weighted by Crippen LogP contribution is 2.17. The topological polar surface area (TPSA) is 75.4 Å². The van der Waals surface area contributed by atoms with Crippen molar-refractivity contribution in [3.05, 3.63) is 53.5 Å². The average Bonchev–Trinajstić information content (AvgIpc) is 3.17. The fourth-order valence-corrected chi connectivity index (χ4v) is 3.48. The van der Waals surface area contributed by atoms with Gasteiger partial charge < -0.3 is 10.2 Å². The molecule has 28 heavy (non-hydrogen) atoms. The van der Waals surface area contributed by atoms with Crippen molar-refractivity contribution in [2.24, 2.45) is 0 Å². The molecule has 0 spiro atoms. The van der Waals surface area contributed by atoms with Gasteiger partial charge >= 0.3 is 0 Å². The highest BCUT2D eigenvalue weighted by atomic mass is 16.1. The number of nitrogens with one attached hydrogen (secondary N) is 1. The Morgan fingerprint density at radius 1 is 1.21 bits per heavy atom. The monoisotopic (exact) mass is 380 g/mol. The summed E-state index contributed by atoms with van der Waals surface area (Å²) in [5, 5.41) is 15.5. The van der Waals surface area contributed by atoms with Crippen LogP contribution in [0.4, 0.5) is 5.69 Å². The van der Waals surface area contributed by atoms with E-state index < -0.39 is 0 Å². The molecule has 0 aliphatic carbocycles. The molecule has 3 aromatic rings. The second-order valence-corrected chi connectivity index (χ2v) is 6.91. The molecule has 0 bridgehead atoms. The van der Waals surface area contributed by atoms with Gasteiger partial charge in [0.1, 0.15) is 6.33 Å². The zero-order valence-corrected chi connectivity index (χ0v) is 16.9. The van der Waals surface area contributed by atoms with Crippen LogP contribution in [0.1, 0.15) is 36.6 Å². The number of anilines is 1. The van der Waals surface area contributed by atoms with E-state index in [4.69, 9.17) is 0 Å². The Balaban J connectivity index is 1.45. The van der Waals surface area contributed by atoms with Crippen LogP contribution in [0, 0.1) is 13.8 Å². The van der Waals surface area contributed by atoms with Crippen LogP contribution in [0.25, 0.3) is 5.65 Å². The molecule has 148 valence electrons. The molecule has 0 atom stereocenters. The molecule has 3 rings (SSSR count). The quantitative estimate of drug-likeness (QED) is 0.578. The third-order valence-electron chi connectivity index (χ3n) is 5.05. The van der Waals surface area contributed by atoms with E-state index in [1.807, 2.05) is 19.9 Å². The molecule has 0 aliphatic rings. The lowest BCUT2D eigenvalue weighted by molar-refractivity contribution is -0.121. The molecule has 7 heteroatoms. The molecule has 0 radical (unpaired) electrons. The number of rotatable bonds is 9. The van der Waals surface area contributed by atoms with E-state index in [9.17, 15) is 4.79 Å². The number of hydrogen-bond acceptors (Lipinski definition) is 5. The minimum absolute atomic E-state index is 0.0721. The fraction of sp³-hybridized carbons (Fsp3) is 0.429. The van der Waals surface area contributed by atoms with E-state index in [0.29, 0.717) is 19.4 Å². The van der Waals surface area contributed by atoms with Crippen molar-refractivity contribution < 1.29 is 4.79 Å². The van der Waals surface area contributed by atoms with E-state index >= 15 is 0 Å². The SMILES string of the molecule is CCN(CCCNC(=O)CCc1c(C)nn2cnnc2c1C)c1ccccc1. The van der Waals surface area contributed by atoms with Crippen LogP contribution < -0.4 is 10.2 Å². The summed E-state index contributed by atoms with van der Waals surface area (Å²) < 4.78 is 1.68. The minimum Gasteiger partial charge on any atom is -0.372 e. The van der Waals surface area contributed by atoms with Crippen molar-refractivity contribution in [3.8, 4) is 0 Å². The molecule has 1 aromatic carbocycles. The smallest absolute Gasteiger partial charge is 0.220 e. The normalized spacial score (nSPS) is 11.0. The third-order valence-corrected chi connectivity index (χ3v) is 5.05. The Morgan fingerprint density at radius 2 is 2.00 bits per heavy atom. The first-order valence-corrected chi connectivity index (χ1v) is 9.83. The summed E-state index contributed by atoms with van der Waals surface area (Å²) in [5.74, 6) is 0.0721. The molecule has 1 N–H and O–H groups in total. The van der Waals surface area contributed by atoms with Crippen LogP contribution in [0.2, 0.25) is 0 Å². The number of carbonyl (C=O) groups is 1. The lowest BCUT2D eigenvalue weighted by atomic mass is 10.0. The van der Waals surface area contributed by atoms with Gasteiger partial charge in [0, 0.05) is 37.3 Å². The number of amides is 1. The van der Waals surface area contributed by atoms with Crippen LogP contribution in [-0.2, 0) is 11.2 Å². The number of aryl methyl sites for hydroxylation is 2. The number of benzene rings is 1. The van der Waals surface area contributed by atoms with Crippen LogP contribution in [0.3, 0.4) is 0 Å². The highest BCUT2D eigenvalue weighted by Gasteiger charge is 2.12. The molecule has 0 saturated heterocycles. The second kappa shape index (κ2) is 9.30. The Bertz CT molecular complexity index is 921. The Labute approximate surface area is 165 Å². The summed E-state index contributed by atoms with van der Waals surface area (Å²) in [6.07, 6.45) is 3.62. The first kappa shape index (κ1) is 19.8. The summed E-state index contributed by atoms with van der Waals surface area (Å²) >= 11 is 0.